The van der Waals surface area contributed by atoms with Crippen LogP contribution in [0.1, 0.15) is 11.3 Å². The SMILES string of the molecule is Cc1c(Cl)cccc1-n1c(SCC(=O)Nc2cccc(F)c2)nc2n[nH]c(C)c2c1=O. The molecular weight excluding hydrogens is 441 g/mol. The first-order valence-electron chi connectivity index (χ1n) is 9.26. The maximum Gasteiger partial charge on any atom is 0.270 e. The van der Waals surface area contributed by atoms with Gasteiger partial charge < -0.3 is 5.32 Å². The average Bonchev–Trinajstić information content (AvgIpc) is 3.10. The van der Waals surface area contributed by atoms with E-state index in [1.807, 2.05) is 6.92 Å². The number of carbonyl (C=O) groups is 1. The van der Waals surface area contributed by atoms with Crippen LogP contribution in [-0.4, -0.2) is 31.4 Å². The van der Waals surface area contributed by atoms with Crippen LogP contribution in [0.15, 0.2) is 52.4 Å². The predicted octanol–water partition coefficient (Wildman–Crippen LogP) is 4.25. The van der Waals surface area contributed by atoms with E-state index in [0.717, 1.165) is 11.8 Å². The van der Waals surface area contributed by atoms with E-state index in [-0.39, 0.29) is 22.9 Å². The van der Waals surface area contributed by atoms with Gasteiger partial charge in [0.15, 0.2) is 10.8 Å². The lowest BCUT2D eigenvalue weighted by atomic mass is 10.2. The molecule has 4 aromatic rings. The molecule has 31 heavy (non-hydrogen) atoms. The molecule has 0 bridgehead atoms. The number of hydrogen-bond acceptors (Lipinski definition) is 5. The molecule has 2 heterocycles. The first-order chi connectivity index (χ1) is 14.8. The van der Waals surface area contributed by atoms with Crippen molar-refractivity contribution in [3.63, 3.8) is 0 Å². The fourth-order valence-electron chi connectivity index (χ4n) is 3.13. The van der Waals surface area contributed by atoms with Gasteiger partial charge >= 0.3 is 0 Å². The van der Waals surface area contributed by atoms with Crippen molar-refractivity contribution >= 4 is 46.0 Å². The molecule has 0 saturated heterocycles. The molecule has 0 aliphatic rings. The number of aromatic nitrogens is 4. The fraction of sp³-hybridized carbons (Fsp3) is 0.143. The molecule has 2 N–H and O–H groups in total. The summed E-state index contributed by atoms with van der Waals surface area (Å²) >= 11 is 7.35. The quantitative estimate of drug-likeness (QED) is 0.345. The van der Waals surface area contributed by atoms with Gasteiger partial charge in [0, 0.05) is 16.4 Å². The molecule has 7 nitrogen and oxygen atoms in total. The van der Waals surface area contributed by atoms with Crippen LogP contribution in [-0.2, 0) is 4.79 Å². The lowest BCUT2D eigenvalue weighted by Gasteiger charge is -2.15. The Labute approximate surface area is 185 Å². The Morgan fingerprint density at radius 1 is 1.26 bits per heavy atom. The van der Waals surface area contributed by atoms with Crippen LogP contribution in [0.3, 0.4) is 0 Å². The third kappa shape index (κ3) is 4.19. The monoisotopic (exact) mass is 457 g/mol. The van der Waals surface area contributed by atoms with E-state index in [1.165, 1.54) is 22.8 Å². The van der Waals surface area contributed by atoms with Crippen molar-refractivity contribution in [3.8, 4) is 5.69 Å². The van der Waals surface area contributed by atoms with Crippen LogP contribution in [0.2, 0.25) is 5.02 Å². The highest BCUT2D eigenvalue weighted by Crippen LogP contribution is 2.26. The number of fused-ring (bicyclic) bond motifs is 1. The van der Waals surface area contributed by atoms with Crippen molar-refractivity contribution in [3.05, 3.63) is 74.9 Å². The number of carbonyl (C=O) groups excluding carboxylic acids is 1. The van der Waals surface area contributed by atoms with Crippen LogP contribution in [0.5, 0.6) is 0 Å². The van der Waals surface area contributed by atoms with Crippen LogP contribution < -0.4 is 10.9 Å². The Balaban J connectivity index is 1.72. The van der Waals surface area contributed by atoms with Crippen molar-refractivity contribution in [2.24, 2.45) is 0 Å². The molecule has 2 aromatic heterocycles. The second-order valence-electron chi connectivity index (χ2n) is 6.81. The molecule has 10 heteroatoms. The molecule has 0 radical (unpaired) electrons. The van der Waals surface area contributed by atoms with E-state index in [1.54, 1.807) is 31.2 Å². The summed E-state index contributed by atoms with van der Waals surface area (Å²) in [6.45, 7) is 3.55. The van der Waals surface area contributed by atoms with Crippen molar-refractivity contribution in [2.45, 2.75) is 19.0 Å². The second-order valence-corrected chi connectivity index (χ2v) is 8.16. The number of H-pyrrole nitrogens is 1. The summed E-state index contributed by atoms with van der Waals surface area (Å²) in [5.74, 6) is -0.855. The molecule has 0 saturated carbocycles. The minimum absolute atomic E-state index is 0.0442. The van der Waals surface area contributed by atoms with Gasteiger partial charge in [0.1, 0.15) is 11.2 Å². The zero-order chi connectivity index (χ0) is 22.1. The van der Waals surface area contributed by atoms with Crippen molar-refractivity contribution in [1.29, 1.82) is 0 Å². The molecule has 0 aliphatic heterocycles. The predicted molar refractivity (Wildman–Crippen MR) is 120 cm³/mol. The number of halogens is 2. The number of rotatable bonds is 5. The Morgan fingerprint density at radius 3 is 2.81 bits per heavy atom. The molecule has 0 unspecified atom stereocenters. The Kier molecular flexibility index (Phi) is 5.79. The van der Waals surface area contributed by atoms with Crippen molar-refractivity contribution in [1.82, 2.24) is 19.7 Å². The van der Waals surface area contributed by atoms with Crippen LogP contribution in [0.4, 0.5) is 10.1 Å². The molecule has 0 aliphatic carbocycles. The highest BCUT2D eigenvalue weighted by Gasteiger charge is 2.19. The lowest BCUT2D eigenvalue weighted by molar-refractivity contribution is -0.113. The number of aryl methyl sites for hydroxylation is 1. The van der Waals surface area contributed by atoms with Gasteiger partial charge in [0.2, 0.25) is 5.91 Å². The van der Waals surface area contributed by atoms with E-state index in [2.05, 4.69) is 20.5 Å². The van der Waals surface area contributed by atoms with Gasteiger partial charge in [-0.15, -0.1) is 0 Å². The number of thioether (sulfide) groups is 1. The zero-order valence-corrected chi connectivity index (χ0v) is 18.1. The molecular formula is C21H17ClFN5O2S. The van der Waals surface area contributed by atoms with Gasteiger partial charge in [-0.3, -0.25) is 19.3 Å². The Bertz CT molecular complexity index is 1370. The lowest BCUT2D eigenvalue weighted by Crippen LogP contribution is -2.23. The highest BCUT2D eigenvalue weighted by atomic mass is 35.5. The number of nitrogens with zero attached hydrogens (tertiary/aromatic N) is 3. The number of hydrogen-bond donors (Lipinski definition) is 2. The highest BCUT2D eigenvalue weighted by molar-refractivity contribution is 7.99. The number of benzene rings is 2. The average molecular weight is 458 g/mol. The van der Waals surface area contributed by atoms with Gasteiger partial charge in [-0.05, 0) is 49.7 Å². The van der Waals surface area contributed by atoms with E-state index in [9.17, 15) is 14.0 Å². The maximum atomic E-state index is 13.3. The molecule has 0 spiro atoms. The van der Waals surface area contributed by atoms with Gasteiger partial charge in [-0.25, -0.2) is 9.37 Å². The summed E-state index contributed by atoms with van der Waals surface area (Å²) in [5, 5.41) is 10.7. The Morgan fingerprint density at radius 2 is 2.03 bits per heavy atom. The number of anilines is 1. The zero-order valence-electron chi connectivity index (χ0n) is 16.6. The van der Waals surface area contributed by atoms with Crippen LogP contribution >= 0.6 is 23.4 Å². The van der Waals surface area contributed by atoms with Gasteiger partial charge in [-0.2, -0.15) is 5.10 Å². The van der Waals surface area contributed by atoms with Crippen molar-refractivity contribution < 1.29 is 9.18 Å². The molecule has 0 fully saturated rings. The summed E-state index contributed by atoms with van der Waals surface area (Å²) in [5.41, 5.74) is 2.18. The normalized spacial score (nSPS) is 11.1. The van der Waals surface area contributed by atoms with Crippen LogP contribution in [0.25, 0.3) is 16.7 Å². The molecule has 2 aromatic carbocycles. The molecule has 158 valence electrons. The van der Waals surface area contributed by atoms with E-state index in [0.29, 0.717) is 38.2 Å². The van der Waals surface area contributed by atoms with Gasteiger partial charge in [-0.1, -0.05) is 35.5 Å². The van der Waals surface area contributed by atoms with Gasteiger partial charge in [0.05, 0.1) is 11.4 Å². The number of aromatic amines is 1. The fourth-order valence-corrected chi connectivity index (χ4v) is 4.10. The minimum atomic E-state index is -0.447. The number of amides is 1. The second kappa shape index (κ2) is 8.52. The summed E-state index contributed by atoms with van der Waals surface area (Å²) < 4.78 is 14.8. The minimum Gasteiger partial charge on any atom is -0.325 e. The van der Waals surface area contributed by atoms with E-state index < -0.39 is 5.82 Å². The maximum absolute atomic E-state index is 13.3. The topological polar surface area (TPSA) is 92.7 Å². The van der Waals surface area contributed by atoms with Crippen LogP contribution in [0, 0.1) is 19.7 Å². The van der Waals surface area contributed by atoms with Gasteiger partial charge in [0.25, 0.3) is 5.56 Å². The summed E-state index contributed by atoms with van der Waals surface area (Å²) in [4.78, 5) is 30.2. The van der Waals surface area contributed by atoms with E-state index in [4.69, 9.17) is 11.6 Å². The Hall–Kier alpha value is -3.17. The molecule has 4 rings (SSSR count). The first-order valence-corrected chi connectivity index (χ1v) is 10.6. The third-order valence-corrected chi connectivity index (χ3v) is 6.01. The largest absolute Gasteiger partial charge is 0.325 e. The van der Waals surface area contributed by atoms with Crippen molar-refractivity contribution in [2.75, 3.05) is 11.1 Å². The summed E-state index contributed by atoms with van der Waals surface area (Å²) in [7, 11) is 0. The molecule has 0 atom stereocenters. The molecule has 1 amide bonds. The van der Waals surface area contributed by atoms with E-state index >= 15 is 0 Å². The smallest absolute Gasteiger partial charge is 0.270 e. The summed E-state index contributed by atoms with van der Waals surface area (Å²) in [6.07, 6.45) is 0. The third-order valence-electron chi connectivity index (χ3n) is 4.66. The first kappa shape index (κ1) is 21.1. The summed E-state index contributed by atoms with van der Waals surface area (Å²) in [6, 6.07) is 10.9. The number of nitrogens with one attached hydrogen (secondary N) is 2. The standard InChI is InChI=1S/C21H17ClFN5O2S/c1-11-15(22)7-4-8-16(11)28-20(30)18-12(2)26-27-19(18)25-21(28)31-10-17(29)24-14-6-3-5-13(23)9-14/h3-9H,10H2,1-2H3,(H,24,29)(H,26,27).